The number of amides is 1. The number of alkyl halides is 6. The van der Waals surface area contributed by atoms with Gasteiger partial charge in [0, 0.05) is 19.3 Å². The minimum absolute atomic E-state index is 0.0771. The van der Waals surface area contributed by atoms with E-state index in [1.807, 2.05) is 0 Å². The third-order valence-electron chi connectivity index (χ3n) is 6.33. The number of rotatable bonds is 6. The van der Waals surface area contributed by atoms with Gasteiger partial charge in [-0.2, -0.15) is 26.3 Å². The number of methoxy groups -OCH3 is 1. The largest absolute Gasteiger partial charge is 0.418 e. The van der Waals surface area contributed by atoms with Gasteiger partial charge in [0.15, 0.2) is 6.10 Å². The summed E-state index contributed by atoms with van der Waals surface area (Å²) in [6.07, 6.45) is -9.75. The Labute approximate surface area is 181 Å². The summed E-state index contributed by atoms with van der Waals surface area (Å²) in [4.78, 5) is 14.6. The number of carbonyl (C=O) groups is 1. The lowest BCUT2D eigenvalue weighted by Gasteiger charge is -2.40. The van der Waals surface area contributed by atoms with Gasteiger partial charge in [-0.15, -0.1) is 0 Å². The minimum atomic E-state index is -4.56. The van der Waals surface area contributed by atoms with Gasteiger partial charge >= 0.3 is 12.4 Å². The van der Waals surface area contributed by atoms with Crippen LogP contribution in [0.2, 0.25) is 0 Å². The molecule has 180 valence electrons. The molecule has 0 unspecified atom stereocenters. The van der Waals surface area contributed by atoms with E-state index >= 15 is 0 Å². The fraction of sp³-hybridized carbons (Fsp3) is 0.667. The van der Waals surface area contributed by atoms with Crippen molar-refractivity contribution in [2.45, 2.75) is 56.2 Å². The van der Waals surface area contributed by atoms with E-state index in [4.69, 9.17) is 0 Å². The predicted octanol–water partition coefficient (Wildman–Crippen LogP) is 4.54. The molecule has 1 aromatic carbocycles. The van der Waals surface area contributed by atoms with E-state index in [0.717, 1.165) is 7.11 Å². The molecule has 2 aliphatic rings. The van der Waals surface area contributed by atoms with Crippen molar-refractivity contribution in [2.75, 3.05) is 31.8 Å². The highest BCUT2D eigenvalue weighted by Crippen LogP contribution is 2.49. The molecule has 3 rings (SSSR count). The summed E-state index contributed by atoms with van der Waals surface area (Å²) in [5.74, 6) is -0.192. The van der Waals surface area contributed by atoms with Gasteiger partial charge in [0.05, 0.1) is 17.6 Å². The first-order chi connectivity index (χ1) is 14.8. The number of benzene rings is 1. The van der Waals surface area contributed by atoms with Gasteiger partial charge in [-0.25, -0.2) is 0 Å². The van der Waals surface area contributed by atoms with Crippen LogP contribution in [0.5, 0.6) is 0 Å². The van der Waals surface area contributed by atoms with E-state index in [0.29, 0.717) is 31.5 Å². The van der Waals surface area contributed by atoms with Crippen LogP contribution in [0, 0.1) is 5.41 Å². The molecule has 1 aliphatic heterocycles. The molecule has 1 heterocycles. The second kappa shape index (κ2) is 8.83. The number of carbonyl (C=O) groups excluding carboxylic acids is 1. The zero-order valence-electron chi connectivity index (χ0n) is 17.4. The molecular formula is C21H25F6NO4. The summed E-state index contributed by atoms with van der Waals surface area (Å²) < 4.78 is 85.0. The summed E-state index contributed by atoms with van der Waals surface area (Å²) in [5, 5.41) is 10.5. The van der Waals surface area contributed by atoms with Gasteiger partial charge in [-0.3, -0.25) is 4.79 Å². The average molecular weight is 469 g/mol. The summed E-state index contributed by atoms with van der Waals surface area (Å²) in [6, 6.07) is 5.42. The molecule has 5 nitrogen and oxygen atoms in total. The fourth-order valence-corrected chi connectivity index (χ4v) is 4.51. The summed E-state index contributed by atoms with van der Waals surface area (Å²) >= 11 is 0. The smallest absolute Gasteiger partial charge is 0.387 e. The molecule has 1 aliphatic carbocycles. The molecule has 0 bridgehead atoms. The minimum Gasteiger partial charge on any atom is -0.387 e. The summed E-state index contributed by atoms with van der Waals surface area (Å²) in [5.41, 5.74) is -1.78. The Balaban J connectivity index is 1.63. The van der Waals surface area contributed by atoms with E-state index in [9.17, 15) is 36.2 Å². The lowest BCUT2D eigenvalue weighted by molar-refractivity contribution is -0.216. The highest BCUT2D eigenvalue weighted by Gasteiger charge is 2.52. The van der Waals surface area contributed by atoms with Crippen LogP contribution in [0.4, 0.5) is 32.0 Å². The number of hydrogen-bond donors (Lipinski definition) is 1. The van der Waals surface area contributed by atoms with Crippen LogP contribution >= 0.6 is 0 Å². The van der Waals surface area contributed by atoms with E-state index in [-0.39, 0.29) is 24.3 Å². The van der Waals surface area contributed by atoms with Crippen molar-refractivity contribution in [3.63, 3.8) is 0 Å². The predicted molar refractivity (Wildman–Crippen MR) is 102 cm³/mol. The van der Waals surface area contributed by atoms with Crippen molar-refractivity contribution in [3.8, 4) is 0 Å². The highest BCUT2D eigenvalue weighted by molar-refractivity contribution is 6.00. The van der Waals surface area contributed by atoms with Crippen LogP contribution in [0.1, 0.15) is 43.8 Å². The zero-order chi connectivity index (χ0) is 23.8. The number of aliphatic hydroxyl groups is 1. The lowest BCUT2D eigenvalue weighted by Crippen LogP contribution is -2.46. The lowest BCUT2D eigenvalue weighted by atomic mass is 9.68. The average Bonchev–Trinajstić information content (AvgIpc) is 3.00. The zero-order valence-corrected chi connectivity index (χ0v) is 17.4. The Morgan fingerprint density at radius 3 is 2.12 bits per heavy atom. The quantitative estimate of drug-likeness (QED) is 0.622. The number of hydrogen-bond acceptors (Lipinski definition) is 4. The fourth-order valence-electron chi connectivity index (χ4n) is 4.51. The molecule has 0 aromatic heterocycles. The monoisotopic (exact) mass is 469 g/mol. The van der Waals surface area contributed by atoms with E-state index in [1.54, 1.807) is 0 Å². The Kier molecular flexibility index (Phi) is 6.84. The van der Waals surface area contributed by atoms with E-state index in [2.05, 4.69) is 9.47 Å². The standard InChI is InChI=1S/C21H25F6NO4/c1-31-16(21(25,26)27)14-2-4-15(5-3-14)28-11-10-18(17(28)29)6-8-19(30,9-7-18)12-32-13-20(22,23)24/h2-5,16,30H,6-13H2,1H3/t16-,18?,19?/m1/s1. The van der Waals surface area contributed by atoms with Crippen LogP contribution in [-0.4, -0.2) is 55.8 Å². The van der Waals surface area contributed by atoms with Crippen molar-refractivity contribution >= 4 is 11.6 Å². The molecule has 1 spiro atoms. The molecule has 1 atom stereocenters. The molecule has 1 saturated carbocycles. The normalized spacial score (nSPS) is 27.9. The van der Waals surface area contributed by atoms with Gasteiger partial charge in [0.1, 0.15) is 6.61 Å². The molecule has 1 aromatic rings. The third kappa shape index (κ3) is 5.37. The Bertz CT molecular complexity index is 800. The maximum absolute atomic E-state index is 13.1. The Morgan fingerprint density at radius 2 is 1.62 bits per heavy atom. The second-order valence-electron chi connectivity index (χ2n) is 8.57. The van der Waals surface area contributed by atoms with Crippen molar-refractivity contribution < 1.29 is 45.7 Å². The van der Waals surface area contributed by atoms with Gasteiger partial charge in [-0.1, -0.05) is 12.1 Å². The topological polar surface area (TPSA) is 59.0 Å². The number of ether oxygens (including phenoxy) is 2. The van der Waals surface area contributed by atoms with Crippen LogP contribution in [-0.2, 0) is 14.3 Å². The van der Waals surface area contributed by atoms with Crippen molar-refractivity contribution in [1.82, 2.24) is 0 Å². The van der Waals surface area contributed by atoms with Crippen molar-refractivity contribution in [2.24, 2.45) is 5.41 Å². The molecular weight excluding hydrogens is 444 g/mol. The van der Waals surface area contributed by atoms with E-state index < -0.39 is 42.7 Å². The van der Waals surface area contributed by atoms with Crippen molar-refractivity contribution in [1.29, 1.82) is 0 Å². The van der Waals surface area contributed by atoms with Crippen LogP contribution in [0.15, 0.2) is 24.3 Å². The second-order valence-corrected chi connectivity index (χ2v) is 8.57. The first-order valence-corrected chi connectivity index (χ1v) is 10.2. The first kappa shape index (κ1) is 24.8. The first-order valence-electron chi connectivity index (χ1n) is 10.2. The maximum Gasteiger partial charge on any atom is 0.418 e. The molecule has 11 heteroatoms. The molecule has 32 heavy (non-hydrogen) atoms. The van der Waals surface area contributed by atoms with Crippen molar-refractivity contribution in [3.05, 3.63) is 29.8 Å². The summed E-state index contributed by atoms with van der Waals surface area (Å²) in [7, 11) is 0.970. The SMILES string of the molecule is CO[C@H](c1ccc(N2CCC3(CCC(O)(COCC(F)(F)F)CC3)C2=O)cc1)C(F)(F)F. The number of anilines is 1. The molecule has 1 amide bonds. The van der Waals surface area contributed by atoms with E-state index in [1.165, 1.54) is 29.2 Å². The van der Waals surface area contributed by atoms with Gasteiger partial charge < -0.3 is 19.5 Å². The number of nitrogens with zero attached hydrogens (tertiary/aromatic N) is 1. The molecule has 2 fully saturated rings. The Morgan fingerprint density at radius 1 is 1.03 bits per heavy atom. The molecule has 1 saturated heterocycles. The van der Waals surface area contributed by atoms with Crippen LogP contribution in [0.25, 0.3) is 0 Å². The van der Waals surface area contributed by atoms with Gasteiger partial charge in [-0.05, 0) is 49.8 Å². The Hall–Kier alpha value is -1.85. The van der Waals surface area contributed by atoms with Gasteiger partial charge in [0.2, 0.25) is 5.91 Å². The van der Waals surface area contributed by atoms with Gasteiger partial charge in [0.25, 0.3) is 0 Å². The highest BCUT2D eigenvalue weighted by atomic mass is 19.4. The molecule has 1 N–H and O–H groups in total. The third-order valence-corrected chi connectivity index (χ3v) is 6.33. The van der Waals surface area contributed by atoms with Crippen LogP contribution < -0.4 is 4.90 Å². The summed E-state index contributed by atoms with van der Waals surface area (Å²) in [6.45, 7) is -1.53. The number of halogens is 6. The maximum atomic E-state index is 13.1. The molecule has 0 radical (unpaired) electrons. The van der Waals surface area contributed by atoms with Crippen LogP contribution in [0.3, 0.4) is 0 Å².